The fraction of sp³-hybridized carbons (Fsp3) is 0.500. The summed E-state index contributed by atoms with van der Waals surface area (Å²) >= 11 is 0. The predicted molar refractivity (Wildman–Crippen MR) is 56.0 cm³/mol. The van der Waals surface area contributed by atoms with Gasteiger partial charge in [0, 0.05) is 12.5 Å². The molecule has 0 heterocycles. The number of hydrogen-bond acceptors (Lipinski definition) is 1. The summed E-state index contributed by atoms with van der Waals surface area (Å²) in [5, 5.41) is 0. The summed E-state index contributed by atoms with van der Waals surface area (Å²) in [6, 6.07) is 1.90. The second kappa shape index (κ2) is 4.19. The van der Waals surface area contributed by atoms with Crippen molar-refractivity contribution < 1.29 is 22.0 Å². The van der Waals surface area contributed by atoms with E-state index in [0.717, 1.165) is 6.07 Å². The molecule has 1 saturated carbocycles. The molecule has 0 saturated heterocycles. The summed E-state index contributed by atoms with van der Waals surface area (Å²) in [7, 11) is 0. The van der Waals surface area contributed by atoms with E-state index in [1.54, 1.807) is 0 Å². The molecule has 2 unspecified atom stereocenters. The van der Waals surface area contributed by atoms with E-state index in [-0.39, 0.29) is 24.4 Å². The molecule has 0 radical (unpaired) electrons. The fourth-order valence-corrected chi connectivity index (χ4v) is 2.32. The normalized spacial score (nSPS) is 28.7. The smallest absolute Gasteiger partial charge is 0.328 e. The number of rotatable bonds is 1. The highest BCUT2D eigenvalue weighted by Crippen LogP contribution is 2.43. The summed E-state index contributed by atoms with van der Waals surface area (Å²) in [6.07, 6.45) is -4.38. The third kappa shape index (κ3) is 2.34. The van der Waals surface area contributed by atoms with Crippen LogP contribution in [0, 0.1) is 5.82 Å². The maximum atomic E-state index is 14.4. The van der Waals surface area contributed by atoms with Gasteiger partial charge in [-0.3, -0.25) is 0 Å². The molecule has 0 aliphatic heterocycles. The molecule has 0 spiro atoms. The Labute approximate surface area is 101 Å². The topological polar surface area (TPSA) is 26.0 Å². The average Bonchev–Trinajstić information content (AvgIpc) is 2.58. The molecular formula is C12H12F5N. The first-order chi connectivity index (χ1) is 8.22. The van der Waals surface area contributed by atoms with Crippen molar-refractivity contribution >= 4 is 0 Å². The first kappa shape index (κ1) is 13.3. The van der Waals surface area contributed by atoms with Gasteiger partial charge in [0.15, 0.2) is 0 Å². The number of halogens is 5. The van der Waals surface area contributed by atoms with Crippen LogP contribution in [-0.4, -0.2) is 6.04 Å². The Morgan fingerprint density at radius 3 is 2.44 bits per heavy atom. The van der Waals surface area contributed by atoms with Crippen LogP contribution in [0.25, 0.3) is 0 Å². The Balaban J connectivity index is 2.42. The third-order valence-electron chi connectivity index (χ3n) is 3.29. The van der Waals surface area contributed by atoms with Crippen molar-refractivity contribution in [1.82, 2.24) is 0 Å². The van der Waals surface area contributed by atoms with Crippen molar-refractivity contribution in [3.05, 3.63) is 35.1 Å². The average molecular weight is 265 g/mol. The molecule has 6 heteroatoms. The molecule has 1 nitrogen and oxygen atoms in total. The van der Waals surface area contributed by atoms with Crippen molar-refractivity contribution in [3.8, 4) is 0 Å². The molecule has 18 heavy (non-hydrogen) atoms. The Kier molecular flexibility index (Phi) is 3.09. The molecule has 1 aliphatic carbocycles. The highest BCUT2D eigenvalue weighted by Gasteiger charge is 2.42. The van der Waals surface area contributed by atoms with Crippen molar-refractivity contribution in [2.75, 3.05) is 0 Å². The van der Waals surface area contributed by atoms with Gasteiger partial charge in [0.2, 0.25) is 0 Å². The molecule has 0 amide bonds. The molecule has 1 aromatic carbocycles. The standard InChI is InChI=1S/C12H12F5N/c13-10-2-1-7(5-9(10)12(15,16)17)11(14)4-3-8(18)6-11/h1-2,5,8H,3-4,6,18H2. The minimum absolute atomic E-state index is 0.0318. The van der Waals surface area contributed by atoms with E-state index in [0.29, 0.717) is 18.6 Å². The van der Waals surface area contributed by atoms with Gasteiger partial charge in [0.05, 0.1) is 5.56 Å². The van der Waals surface area contributed by atoms with E-state index in [1.807, 2.05) is 0 Å². The van der Waals surface area contributed by atoms with Crippen LogP contribution in [0.3, 0.4) is 0 Å². The van der Waals surface area contributed by atoms with E-state index < -0.39 is 23.2 Å². The minimum atomic E-state index is -4.82. The van der Waals surface area contributed by atoms with Gasteiger partial charge in [0.1, 0.15) is 11.5 Å². The van der Waals surface area contributed by atoms with Crippen molar-refractivity contribution in [2.45, 2.75) is 37.1 Å². The fourth-order valence-electron chi connectivity index (χ4n) is 2.32. The van der Waals surface area contributed by atoms with Gasteiger partial charge >= 0.3 is 6.18 Å². The second-order valence-electron chi connectivity index (χ2n) is 4.66. The van der Waals surface area contributed by atoms with Gasteiger partial charge < -0.3 is 5.73 Å². The van der Waals surface area contributed by atoms with E-state index in [1.165, 1.54) is 0 Å². The zero-order chi connectivity index (χ0) is 13.6. The first-order valence-corrected chi connectivity index (χ1v) is 5.54. The van der Waals surface area contributed by atoms with Crippen LogP contribution in [0.4, 0.5) is 22.0 Å². The molecule has 1 aliphatic rings. The van der Waals surface area contributed by atoms with Crippen LogP contribution in [0.5, 0.6) is 0 Å². The quantitative estimate of drug-likeness (QED) is 0.772. The molecule has 1 fully saturated rings. The van der Waals surface area contributed by atoms with Crippen molar-refractivity contribution in [1.29, 1.82) is 0 Å². The Bertz CT molecular complexity index is 456. The maximum Gasteiger partial charge on any atom is 0.419 e. The van der Waals surface area contributed by atoms with E-state index in [9.17, 15) is 22.0 Å². The number of hydrogen-bond donors (Lipinski definition) is 1. The molecule has 2 rings (SSSR count). The van der Waals surface area contributed by atoms with Crippen LogP contribution in [0.2, 0.25) is 0 Å². The van der Waals surface area contributed by atoms with Crippen molar-refractivity contribution in [2.24, 2.45) is 5.73 Å². The monoisotopic (exact) mass is 265 g/mol. The third-order valence-corrected chi connectivity index (χ3v) is 3.29. The lowest BCUT2D eigenvalue weighted by Gasteiger charge is -2.21. The molecule has 0 bridgehead atoms. The zero-order valence-corrected chi connectivity index (χ0v) is 9.40. The summed E-state index contributed by atoms with van der Waals surface area (Å²) in [6.45, 7) is 0. The number of alkyl halides is 4. The summed E-state index contributed by atoms with van der Waals surface area (Å²) < 4.78 is 65.1. The summed E-state index contributed by atoms with van der Waals surface area (Å²) in [5.74, 6) is -1.39. The highest BCUT2D eigenvalue weighted by molar-refractivity contribution is 5.32. The molecule has 100 valence electrons. The van der Waals surface area contributed by atoms with Crippen LogP contribution < -0.4 is 5.73 Å². The molecule has 0 aromatic heterocycles. The molecule has 1 aromatic rings. The van der Waals surface area contributed by atoms with Gasteiger partial charge in [-0.1, -0.05) is 6.07 Å². The highest BCUT2D eigenvalue weighted by atomic mass is 19.4. The van der Waals surface area contributed by atoms with E-state index >= 15 is 0 Å². The van der Waals surface area contributed by atoms with Crippen LogP contribution in [0.15, 0.2) is 18.2 Å². The maximum absolute atomic E-state index is 14.4. The number of benzene rings is 1. The largest absolute Gasteiger partial charge is 0.419 e. The second-order valence-corrected chi connectivity index (χ2v) is 4.66. The Morgan fingerprint density at radius 2 is 1.94 bits per heavy atom. The predicted octanol–water partition coefficient (Wildman–Crippen LogP) is 3.52. The minimum Gasteiger partial charge on any atom is -0.328 e. The molecule has 2 N–H and O–H groups in total. The summed E-state index contributed by atoms with van der Waals surface area (Å²) in [4.78, 5) is 0. The van der Waals surface area contributed by atoms with Gasteiger partial charge in [0.25, 0.3) is 0 Å². The lowest BCUT2D eigenvalue weighted by atomic mass is 9.92. The zero-order valence-electron chi connectivity index (χ0n) is 9.40. The molecular weight excluding hydrogens is 253 g/mol. The van der Waals surface area contributed by atoms with Gasteiger partial charge in [-0.15, -0.1) is 0 Å². The number of nitrogens with two attached hydrogens (primary N) is 1. The Hall–Kier alpha value is -1.17. The van der Waals surface area contributed by atoms with Crippen LogP contribution >= 0.6 is 0 Å². The van der Waals surface area contributed by atoms with Crippen molar-refractivity contribution in [3.63, 3.8) is 0 Å². The van der Waals surface area contributed by atoms with Gasteiger partial charge in [-0.2, -0.15) is 13.2 Å². The van der Waals surface area contributed by atoms with Crippen LogP contribution in [0.1, 0.15) is 30.4 Å². The summed E-state index contributed by atoms with van der Waals surface area (Å²) in [5.41, 5.74) is 2.10. The van der Waals surface area contributed by atoms with E-state index in [2.05, 4.69) is 0 Å². The lowest BCUT2D eigenvalue weighted by molar-refractivity contribution is -0.140. The first-order valence-electron chi connectivity index (χ1n) is 5.54. The lowest BCUT2D eigenvalue weighted by Crippen LogP contribution is -2.22. The van der Waals surface area contributed by atoms with E-state index in [4.69, 9.17) is 5.73 Å². The van der Waals surface area contributed by atoms with Crippen LogP contribution in [-0.2, 0) is 11.8 Å². The van der Waals surface area contributed by atoms with Gasteiger partial charge in [-0.05, 0) is 30.5 Å². The molecule has 2 atom stereocenters. The Morgan fingerprint density at radius 1 is 1.28 bits per heavy atom. The SMILES string of the molecule is NC1CCC(F)(c2ccc(F)c(C(F)(F)F)c2)C1. The van der Waals surface area contributed by atoms with Gasteiger partial charge in [-0.25, -0.2) is 8.78 Å².